The van der Waals surface area contributed by atoms with Gasteiger partial charge in [-0.3, -0.25) is 9.36 Å². The number of aromatic amines is 1. The van der Waals surface area contributed by atoms with E-state index in [1.54, 1.807) is 6.21 Å². The second kappa shape index (κ2) is 10.1. The van der Waals surface area contributed by atoms with Crippen molar-refractivity contribution in [3.8, 4) is 17.1 Å². The fourth-order valence-electron chi connectivity index (χ4n) is 3.50. The van der Waals surface area contributed by atoms with Crippen LogP contribution >= 0.6 is 27.7 Å². The van der Waals surface area contributed by atoms with Gasteiger partial charge in [-0.15, -0.1) is 10.2 Å². The zero-order valence-corrected chi connectivity index (χ0v) is 20.3. The molecule has 168 valence electrons. The molecular formula is C25H19BrN6OS. The molecule has 34 heavy (non-hydrogen) atoms. The first-order valence-electron chi connectivity index (χ1n) is 10.5. The molecule has 0 bridgehead atoms. The molecule has 2 heterocycles. The van der Waals surface area contributed by atoms with Gasteiger partial charge in [-0.1, -0.05) is 76.2 Å². The second-order valence-corrected chi connectivity index (χ2v) is 9.21. The molecule has 0 radical (unpaired) electrons. The summed E-state index contributed by atoms with van der Waals surface area (Å²) in [6.07, 6.45) is 3.50. The van der Waals surface area contributed by atoms with Crippen LogP contribution in [0, 0.1) is 0 Å². The van der Waals surface area contributed by atoms with Crippen molar-refractivity contribution in [1.29, 1.82) is 0 Å². The van der Waals surface area contributed by atoms with E-state index in [1.165, 1.54) is 11.8 Å². The summed E-state index contributed by atoms with van der Waals surface area (Å²) in [4.78, 5) is 15.6. The van der Waals surface area contributed by atoms with E-state index in [-0.39, 0.29) is 11.7 Å². The number of nitrogens with one attached hydrogen (secondary N) is 2. The van der Waals surface area contributed by atoms with Gasteiger partial charge in [-0.25, -0.2) is 5.43 Å². The Bertz CT molecular complexity index is 1460. The number of halogens is 1. The standard InChI is InChI=1S/C25H19BrN6OS/c26-19-10-12-20(13-11-19)32-24(17-6-2-1-3-7-17)30-31-25(32)34-16-23(33)29-28-15-18-14-27-22-9-5-4-8-21(18)22/h1-15,27H,16H2,(H,29,33)/b28-15-. The third-order valence-electron chi connectivity index (χ3n) is 5.10. The van der Waals surface area contributed by atoms with Crippen LogP contribution in [0.3, 0.4) is 0 Å². The van der Waals surface area contributed by atoms with Crippen LogP contribution in [0.25, 0.3) is 28.0 Å². The highest BCUT2D eigenvalue weighted by atomic mass is 79.9. The Morgan fingerprint density at radius 3 is 2.62 bits per heavy atom. The first-order valence-corrected chi connectivity index (χ1v) is 12.2. The highest BCUT2D eigenvalue weighted by molar-refractivity contribution is 9.10. The number of hydrogen-bond donors (Lipinski definition) is 2. The lowest BCUT2D eigenvalue weighted by molar-refractivity contribution is -0.118. The van der Waals surface area contributed by atoms with Gasteiger partial charge in [0.1, 0.15) is 0 Å². The van der Waals surface area contributed by atoms with Crippen LogP contribution in [0.2, 0.25) is 0 Å². The number of para-hydroxylation sites is 1. The number of aromatic nitrogens is 4. The van der Waals surface area contributed by atoms with Crippen molar-refractivity contribution in [1.82, 2.24) is 25.2 Å². The van der Waals surface area contributed by atoms with Gasteiger partial charge < -0.3 is 4.98 Å². The van der Waals surface area contributed by atoms with E-state index < -0.39 is 0 Å². The molecule has 0 unspecified atom stereocenters. The predicted octanol–water partition coefficient (Wildman–Crippen LogP) is 5.42. The fraction of sp³-hybridized carbons (Fsp3) is 0.0400. The molecular weight excluding hydrogens is 512 g/mol. The van der Waals surface area contributed by atoms with E-state index in [0.29, 0.717) is 11.0 Å². The number of hydrogen-bond acceptors (Lipinski definition) is 5. The highest BCUT2D eigenvalue weighted by Crippen LogP contribution is 2.28. The smallest absolute Gasteiger partial charge is 0.250 e. The second-order valence-electron chi connectivity index (χ2n) is 7.36. The minimum atomic E-state index is -0.229. The Morgan fingerprint density at radius 1 is 1.03 bits per heavy atom. The summed E-state index contributed by atoms with van der Waals surface area (Å²) < 4.78 is 2.93. The summed E-state index contributed by atoms with van der Waals surface area (Å²) in [5.74, 6) is 0.630. The summed E-state index contributed by atoms with van der Waals surface area (Å²) in [7, 11) is 0. The van der Waals surface area contributed by atoms with Crippen LogP contribution in [-0.4, -0.2) is 37.6 Å². The SMILES string of the molecule is O=C(CSc1nnc(-c2ccccc2)n1-c1ccc(Br)cc1)N/N=C\c1c[nH]c2ccccc12. The number of fused-ring (bicyclic) bond motifs is 1. The van der Waals surface area contributed by atoms with Crippen LogP contribution in [0.4, 0.5) is 0 Å². The van der Waals surface area contributed by atoms with Gasteiger partial charge in [0.05, 0.1) is 12.0 Å². The van der Waals surface area contributed by atoms with E-state index in [4.69, 9.17) is 0 Å². The number of hydrazone groups is 1. The number of rotatable bonds is 7. The number of nitrogens with zero attached hydrogens (tertiary/aromatic N) is 4. The van der Waals surface area contributed by atoms with E-state index in [0.717, 1.165) is 32.2 Å². The lowest BCUT2D eigenvalue weighted by Crippen LogP contribution is -2.20. The average molecular weight is 531 g/mol. The molecule has 5 aromatic rings. The maximum atomic E-state index is 12.5. The fourth-order valence-corrected chi connectivity index (χ4v) is 4.51. The number of H-pyrrole nitrogens is 1. The van der Waals surface area contributed by atoms with Gasteiger partial charge in [-0.2, -0.15) is 5.10 Å². The van der Waals surface area contributed by atoms with Crippen molar-refractivity contribution in [3.05, 3.63) is 95.1 Å². The van der Waals surface area contributed by atoms with Crippen LogP contribution in [-0.2, 0) is 4.79 Å². The molecule has 0 aliphatic rings. The van der Waals surface area contributed by atoms with Crippen molar-refractivity contribution in [2.75, 3.05) is 5.75 Å². The number of carbonyl (C=O) groups excluding carboxylic acids is 1. The molecule has 0 spiro atoms. The minimum absolute atomic E-state index is 0.147. The van der Waals surface area contributed by atoms with Gasteiger partial charge in [0.2, 0.25) is 0 Å². The Labute approximate surface area is 208 Å². The number of amides is 1. The molecule has 2 aromatic heterocycles. The monoisotopic (exact) mass is 530 g/mol. The van der Waals surface area contributed by atoms with Gasteiger partial charge in [0, 0.05) is 38.4 Å². The molecule has 0 atom stereocenters. The summed E-state index contributed by atoms with van der Waals surface area (Å²) in [5.41, 5.74) is 6.37. The number of thioether (sulfide) groups is 1. The van der Waals surface area contributed by atoms with Gasteiger partial charge in [0.25, 0.3) is 5.91 Å². The Hall–Kier alpha value is -3.69. The van der Waals surface area contributed by atoms with Crippen molar-refractivity contribution in [2.24, 2.45) is 5.10 Å². The molecule has 0 fully saturated rings. The van der Waals surface area contributed by atoms with Crippen molar-refractivity contribution >= 4 is 50.7 Å². The maximum Gasteiger partial charge on any atom is 0.250 e. The molecule has 5 rings (SSSR count). The van der Waals surface area contributed by atoms with Gasteiger partial charge in [-0.05, 0) is 30.3 Å². The topological polar surface area (TPSA) is 88.0 Å². The minimum Gasteiger partial charge on any atom is -0.361 e. The first-order chi connectivity index (χ1) is 16.7. The molecule has 0 aliphatic heterocycles. The lowest BCUT2D eigenvalue weighted by Gasteiger charge is -2.10. The summed E-state index contributed by atoms with van der Waals surface area (Å²) in [5, 5.41) is 14.5. The molecule has 2 N–H and O–H groups in total. The van der Waals surface area contributed by atoms with Crippen LogP contribution < -0.4 is 5.43 Å². The number of carbonyl (C=O) groups is 1. The Balaban J connectivity index is 1.31. The first kappa shape index (κ1) is 22.1. The van der Waals surface area contributed by atoms with Crippen LogP contribution in [0.5, 0.6) is 0 Å². The number of benzene rings is 3. The summed E-state index contributed by atoms with van der Waals surface area (Å²) in [6, 6.07) is 25.7. The third kappa shape index (κ3) is 4.80. The molecule has 0 saturated carbocycles. The predicted molar refractivity (Wildman–Crippen MR) is 139 cm³/mol. The summed E-state index contributed by atoms with van der Waals surface area (Å²) >= 11 is 4.78. The van der Waals surface area contributed by atoms with Crippen LogP contribution in [0.1, 0.15) is 5.56 Å². The normalized spacial score (nSPS) is 11.3. The third-order valence-corrected chi connectivity index (χ3v) is 6.55. The quantitative estimate of drug-likeness (QED) is 0.167. The van der Waals surface area contributed by atoms with Crippen LogP contribution in [0.15, 0.2) is 99.8 Å². The van der Waals surface area contributed by atoms with Crippen molar-refractivity contribution in [2.45, 2.75) is 5.16 Å². The molecule has 9 heteroatoms. The Morgan fingerprint density at radius 2 is 1.79 bits per heavy atom. The molecule has 3 aromatic carbocycles. The largest absolute Gasteiger partial charge is 0.361 e. The molecule has 0 saturated heterocycles. The van der Waals surface area contributed by atoms with Crippen molar-refractivity contribution < 1.29 is 4.79 Å². The maximum absolute atomic E-state index is 12.5. The average Bonchev–Trinajstić information content (AvgIpc) is 3.48. The van der Waals surface area contributed by atoms with Gasteiger partial charge in [0.15, 0.2) is 11.0 Å². The van der Waals surface area contributed by atoms with Crippen molar-refractivity contribution in [3.63, 3.8) is 0 Å². The summed E-state index contributed by atoms with van der Waals surface area (Å²) in [6.45, 7) is 0. The molecule has 0 aliphatic carbocycles. The lowest BCUT2D eigenvalue weighted by atomic mass is 10.2. The Kier molecular flexibility index (Phi) is 6.55. The van der Waals surface area contributed by atoms with E-state index in [1.807, 2.05) is 89.6 Å². The van der Waals surface area contributed by atoms with E-state index in [9.17, 15) is 4.79 Å². The molecule has 7 nitrogen and oxygen atoms in total. The zero-order chi connectivity index (χ0) is 23.3. The zero-order valence-electron chi connectivity index (χ0n) is 17.9. The highest BCUT2D eigenvalue weighted by Gasteiger charge is 2.17. The van der Waals surface area contributed by atoms with E-state index in [2.05, 4.69) is 41.6 Å². The van der Waals surface area contributed by atoms with Gasteiger partial charge >= 0.3 is 0 Å². The van der Waals surface area contributed by atoms with E-state index >= 15 is 0 Å². The molecule has 1 amide bonds.